The molecule has 0 saturated carbocycles. The van der Waals surface area contributed by atoms with E-state index in [1.165, 1.54) is 10.4 Å². The summed E-state index contributed by atoms with van der Waals surface area (Å²) in [6.07, 6.45) is 1.87. The van der Waals surface area contributed by atoms with E-state index in [0.717, 1.165) is 49.8 Å². The maximum atomic E-state index is 5.89. The van der Waals surface area contributed by atoms with Crippen molar-refractivity contribution in [3.8, 4) is 0 Å². The first-order valence-corrected chi connectivity index (χ1v) is 8.54. The van der Waals surface area contributed by atoms with Crippen LogP contribution in [0, 0.1) is 6.92 Å². The number of benzene rings is 1. The molecule has 1 saturated heterocycles. The van der Waals surface area contributed by atoms with E-state index in [4.69, 9.17) is 10.2 Å². The second-order valence-electron chi connectivity index (χ2n) is 5.90. The minimum atomic E-state index is 0.639. The van der Waals surface area contributed by atoms with Crippen LogP contribution in [-0.4, -0.2) is 41.0 Å². The van der Waals surface area contributed by atoms with Crippen molar-refractivity contribution < 1.29 is 4.42 Å². The number of nitrogens with zero attached hydrogens (tertiary/aromatic N) is 4. The lowest BCUT2D eigenvalue weighted by atomic mass is 10.2. The molecule has 0 unspecified atom stereocenters. The normalized spacial score (nSPS) is 16.3. The molecule has 1 aliphatic heterocycles. The highest BCUT2D eigenvalue weighted by Crippen LogP contribution is 2.24. The molecule has 7 heteroatoms. The number of thiazole rings is 1. The zero-order valence-electron chi connectivity index (χ0n) is 13.0. The fourth-order valence-electron chi connectivity index (χ4n) is 2.87. The van der Waals surface area contributed by atoms with Gasteiger partial charge in [0.05, 0.1) is 0 Å². The molecule has 23 heavy (non-hydrogen) atoms. The van der Waals surface area contributed by atoms with Gasteiger partial charge in [0, 0.05) is 43.8 Å². The Morgan fingerprint density at radius 3 is 2.83 bits per heavy atom. The Morgan fingerprint density at radius 2 is 2.09 bits per heavy atom. The number of aromatic nitrogens is 2. The largest absolute Gasteiger partial charge is 0.423 e. The third-order valence-electron chi connectivity index (χ3n) is 4.13. The smallest absolute Gasteiger partial charge is 0.298 e. The monoisotopic (exact) mass is 329 g/mol. The average molecular weight is 329 g/mol. The highest BCUT2D eigenvalue weighted by molar-refractivity contribution is 7.15. The molecule has 0 aliphatic carbocycles. The van der Waals surface area contributed by atoms with Gasteiger partial charge in [0.2, 0.25) is 0 Å². The van der Waals surface area contributed by atoms with Crippen LogP contribution in [0.4, 0.5) is 11.1 Å². The van der Waals surface area contributed by atoms with Gasteiger partial charge in [-0.1, -0.05) is 6.07 Å². The molecule has 6 nitrogen and oxygen atoms in total. The van der Waals surface area contributed by atoms with E-state index in [2.05, 4.69) is 38.8 Å². The van der Waals surface area contributed by atoms with Gasteiger partial charge in [-0.3, -0.25) is 4.90 Å². The molecule has 0 amide bonds. The number of fused-ring (bicyclic) bond motifs is 1. The van der Waals surface area contributed by atoms with Gasteiger partial charge < -0.3 is 15.1 Å². The van der Waals surface area contributed by atoms with Crippen molar-refractivity contribution in [2.45, 2.75) is 13.5 Å². The Kier molecular flexibility index (Phi) is 3.66. The van der Waals surface area contributed by atoms with Gasteiger partial charge >= 0.3 is 0 Å². The van der Waals surface area contributed by atoms with Gasteiger partial charge in [-0.05, 0) is 24.6 Å². The number of nitrogens with two attached hydrogens (primary N) is 1. The average Bonchev–Trinajstić information content (AvgIpc) is 3.14. The Bertz CT molecular complexity index is 819. The molecule has 0 radical (unpaired) electrons. The van der Waals surface area contributed by atoms with Crippen LogP contribution in [0.2, 0.25) is 0 Å². The third-order valence-corrected chi connectivity index (χ3v) is 4.94. The lowest BCUT2D eigenvalue weighted by Gasteiger charge is -2.33. The predicted octanol–water partition coefficient (Wildman–Crippen LogP) is 2.50. The zero-order chi connectivity index (χ0) is 15.8. The van der Waals surface area contributed by atoms with E-state index in [1.54, 1.807) is 11.3 Å². The van der Waals surface area contributed by atoms with Crippen molar-refractivity contribution in [1.82, 2.24) is 14.9 Å². The first-order valence-electron chi connectivity index (χ1n) is 7.72. The minimum Gasteiger partial charge on any atom is -0.423 e. The number of oxazole rings is 1. The maximum Gasteiger partial charge on any atom is 0.298 e. The van der Waals surface area contributed by atoms with E-state index in [-0.39, 0.29) is 0 Å². The summed E-state index contributed by atoms with van der Waals surface area (Å²) >= 11 is 1.56. The van der Waals surface area contributed by atoms with Crippen molar-refractivity contribution in [1.29, 1.82) is 0 Å². The van der Waals surface area contributed by atoms with Crippen LogP contribution in [-0.2, 0) is 6.54 Å². The second kappa shape index (κ2) is 5.82. The molecule has 3 heterocycles. The fraction of sp³-hybridized carbons (Fsp3) is 0.375. The number of hydrogen-bond donors (Lipinski definition) is 1. The van der Waals surface area contributed by atoms with Gasteiger partial charge in [-0.25, -0.2) is 4.98 Å². The summed E-state index contributed by atoms with van der Waals surface area (Å²) in [4.78, 5) is 14.6. The summed E-state index contributed by atoms with van der Waals surface area (Å²) in [5.74, 6) is 0. The molecule has 120 valence electrons. The Labute approximate surface area is 138 Å². The molecule has 3 aromatic rings. The van der Waals surface area contributed by atoms with Gasteiger partial charge in [0.25, 0.3) is 6.01 Å². The topological polar surface area (TPSA) is 71.4 Å². The van der Waals surface area contributed by atoms with E-state index < -0.39 is 0 Å². The summed E-state index contributed by atoms with van der Waals surface area (Å²) in [6, 6.07) is 6.83. The van der Waals surface area contributed by atoms with Crippen LogP contribution in [0.25, 0.3) is 11.1 Å². The molecule has 2 aromatic heterocycles. The Hall–Kier alpha value is -2.12. The van der Waals surface area contributed by atoms with Gasteiger partial charge in [0.15, 0.2) is 10.7 Å². The van der Waals surface area contributed by atoms with Crippen LogP contribution >= 0.6 is 11.3 Å². The summed E-state index contributed by atoms with van der Waals surface area (Å²) in [7, 11) is 0. The number of aryl methyl sites for hydroxylation is 1. The van der Waals surface area contributed by atoms with E-state index in [1.807, 2.05) is 12.3 Å². The molecule has 0 bridgehead atoms. The Balaban J connectivity index is 1.42. The first kappa shape index (κ1) is 14.5. The van der Waals surface area contributed by atoms with E-state index in [9.17, 15) is 0 Å². The number of piperazine rings is 1. The lowest BCUT2D eigenvalue weighted by Crippen LogP contribution is -2.46. The fourth-order valence-corrected chi connectivity index (χ4v) is 3.60. The summed E-state index contributed by atoms with van der Waals surface area (Å²) in [5, 5.41) is 0.639. The first-order chi connectivity index (χ1) is 11.2. The predicted molar refractivity (Wildman–Crippen MR) is 92.8 cm³/mol. The third kappa shape index (κ3) is 3.02. The maximum absolute atomic E-state index is 5.89. The number of nitrogen functional groups attached to an aromatic ring is 1. The number of rotatable bonds is 3. The van der Waals surface area contributed by atoms with Crippen molar-refractivity contribution in [2.24, 2.45) is 0 Å². The standard InChI is InChI=1S/C16H19N5OS/c1-11-2-3-14-13(8-11)19-16(22-14)21-6-4-20(5-7-21)10-12-9-18-15(17)23-12/h2-3,8-9H,4-7,10H2,1H3,(H2,17,18). The van der Waals surface area contributed by atoms with Crippen molar-refractivity contribution in [3.05, 3.63) is 34.8 Å². The quantitative estimate of drug-likeness (QED) is 0.796. The molecule has 1 aliphatic rings. The molecule has 4 rings (SSSR count). The number of hydrogen-bond acceptors (Lipinski definition) is 7. The molecule has 1 aromatic carbocycles. The molecular formula is C16H19N5OS. The van der Waals surface area contributed by atoms with Crippen LogP contribution in [0.3, 0.4) is 0 Å². The molecule has 0 spiro atoms. The lowest BCUT2D eigenvalue weighted by molar-refractivity contribution is 0.247. The van der Waals surface area contributed by atoms with Gasteiger partial charge in [0.1, 0.15) is 5.52 Å². The number of anilines is 2. The van der Waals surface area contributed by atoms with Gasteiger partial charge in [-0.2, -0.15) is 4.98 Å². The van der Waals surface area contributed by atoms with Crippen LogP contribution in [0.5, 0.6) is 0 Å². The molecule has 2 N–H and O–H groups in total. The SMILES string of the molecule is Cc1ccc2oc(N3CCN(Cc4cnc(N)s4)CC3)nc2c1. The molecule has 1 fully saturated rings. The van der Waals surface area contributed by atoms with Crippen molar-refractivity contribution >= 4 is 33.6 Å². The highest BCUT2D eigenvalue weighted by atomic mass is 32.1. The minimum absolute atomic E-state index is 0.639. The second-order valence-corrected chi connectivity index (χ2v) is 7.04. The molecule has 0 atom stereocenters. The molecular weight excluding hydrogens is 310 g/mol. The van der Waals surface area contributed by atoms with E-state index >= 15 is 0 Å². The van der Waals surface area contributed by atoms with Gasteiger partial charge in [-0.15, -0.1) is 11.3 Å². The Morgan fingerprint density at radius 1 is 1.26 bits per heavy atom. The van der Waals surface area contributed by atoms with Crippen molar-refractivity contribution in [2.75, 3.05) is 36.8 Å². The van der Waals surface area contributed by atoms with E-state index in [0.29, 0.717) is 5.13 Å². The summed E-state index contributed by atoms with van der Waals surface area (Å²) in [5.41, 5.74) is 8.68. The van der Waals surface area contributed by atoms with Crippen LogP contribution < -0.4 is 10.6 Å². The van der Waals surface area contributed by atoms with Crippen LogP contribution in [0.1, 0.15) is 10.4 Å². The van der Waals surface area contributed by atoms with Crippen LogP contribution in [0.15, 0.2) is 28.8 Å². The highest BCUT2D eigenvalue weighted by Gasteiger charge is 2.21. The summed E-state index contributed by atoms with van der Waals surface area (Å²) in [6.45, 7) is 6.78. The van der Waals surface area contributed by atoms with Crippen molar-refractivity contribution in [3.63, 3.8) is 0 Å². The summed E-state index contributed by atoms with van der Waals surface area (Å²) < 4.78 is 5.89. The zero-order valence-corrected chi connectivity index (χ0v) is 13.8.